The van der Waals surface area contributed by atoms with Gasteiger partial charge in [-0.15, -0.1) is 24.0 Å². The van der Waals surface area contributed by atoms with Crippen LogP contribution in [-0.2, 0) is 13.6 Å². The number of ether oxygens (including phenoxy) is 2. The number of nitrogens with zero attached hydrogens (tertiary/aromatic N) is 4. The molecule has 1 aromatic carbocycles. The first-order chi connectivity index (χ1) is 13.6. The second-order valence-corrected chi connectivity index (χ2v) is 6.86. The molecule has 9 heteroatoms. The summed E-state index contributed by atoms with van der Waals surface area (Å²) in [4.78, 5) is 7.04. The number of aliphatic imine (C=N–C) groups is 1. The van der Waals surface area contributed by atoms with Gasteiger partial charge in [-0.3, -0.25) is 4.68 Å². The molecule has 160 valence electrons. The summed E-state index contributed by atoms with van der Waals surface area (Å²) >= 11 is 0. The van der Waals surface area contributed by atoms with E-state index in [1.165, 1.54) is 0 Å². The molecule has 8 nitrogen and oxygen atoms in total. The summed E-state index contributed by atoms with van der Waals surface area (Å²) in [5, 5.41) is 11.1. The van der Waals surface area contributed by atoms with Crippen molar-refractivity contribution in [2.24, 2.45) is 12.0 Å². The third kappa shape index (κ3) is 6.41. The summed E-state index contributed by atoms with van der Waals surface area (Å²) in [6.45, 7) is 5.36. The summed E-state index contributed by atoms with van der Waals surface area (Å²) in [5.41, 5.74) is 2.20. The number of hydrogen-bond donors (Lipinski definition) is 2. The average molecular weight is 514 g/mol. The normalized spacial score (nSPS) is 16.3. The largest absolute Gasteiger partial charge is 0.497 e. The zero-order chi connectivity index (χ0) is 19.9. The van der Waals surface area contributed by atoms with Crippen molar-refractivity contribution >= 4 is 35.6 Å². The number of rotatable bonds is 7. The Labute approximate surface area is 189 Å². The fraction of sp³-hybridized carbons (Fsp3) is 0.500. The molecule has 0 bridgehead atoms. The molecule has 2 N–H and O–H groups in total. The van der Waals surface area contributed by atoms with E-state index >= 15 is 0 Å². The molecule has 2 aromatic rings. The highest BCUT2D eigenvalue weighted by molar-refractivity contribution is 14.0. The smallest absolute Gasteiger partial charge is 0.191 e. The Balaban J connectivity index is 0.00000300. The van der Waals surface area contributed by atoms with Crippen molar-refractivity contribution in [1.82, 2.24) is 20.4 Å². The van der Waals surface area contributed by atoms with E-state index in [0.29, 0.717) is 12.6 Å². The molecule has 1 atom stereocenters. The van der Waals surface area contributed by atoms with Gasteiger partial charge in [0.05, 0.1) is 27.0 Å². The molecule has 0 radical (unpaired) electrons. The maximum atomic E-state index is 5.40. The number of benzene rings is 1. The van der Waals surface area contributed by atoms with Crippen LogP contribution in [-0.4, -0.2) is 55.6 Å². The van der Waals surface area contributed by atoms with Crippen molar-refractivity contribution in [3.63, 3.8) is 0 Å². The third-order valence-electron chi connectivity index (χ3n) is 4.75. The van der Waals surface area contributed by atoms with Gasteiger partial charge in [-0.05, 0) is 13.3 Å². The lowest BCUT2D eigenvalue weighted by Gasteiger charge is -2.21. The van der Waals surface area contributed by atoms with Gasteiger partial charge in [-0.1, -0.05) is 0 Å². The van der Waals surface area contributed by atoms with Crippen LogP contribution in [0.25, 0.3) is 0 Å². The van der Waals surface area contributed by atoms with E-state index in [4.69, 9.17) is 14.5 Å². The molecule has 1 aromatic heterocycles. The number of halogens is 1. The SMILES string of the molecule is CCNC(=NCc1cnn(C)c1)NC1CCN(c2cc(OC)cc(OC)c2)C1.I. The second kappa shape index (κ2) is 11.1. The molecular weight excluding hydrogens is 483 g/mol. The second-order valence-electron chi connectivity index (χ2n) is 6.86. The van der Waals surface area contributed by atoms with Gasteiger partial charge in [0.25, 0.3) is 0 Å². The molecular formula is C20H31IN6O2. The molecule has 1 aliphatic heterocycles. The number of aromatic nitrogens is 2. The molecule has 0 amide bonds. The molecule has 3 rings (SSSR count). The van der Waals surface area contributed by atoms with Gasteiger partial charge < -0.3 is 25.0 Å². The lowest BCUT2D eigenvalue weighted by Crippen LogP contribution is -2.44. The van der Waals surface area contributed by atoms with Gasteiger partial charge in [-0.2, -0.15) is 5.10 Å². The Bertz CT molecular complexity index is 788. The Hall–Kier alpha value is -2.17. The third-order valence-corrected chi connectivity index (χ3v) is 4.75. The van der Waals surface area contributed by atoms with Gasteiger partial charge in [0.15, 0.2) is 5.96 Å². The van der Waals surface area contributed by atoms with E-state index in [1.54, 1.807) is 18.9 Å². The fourth-order valence-electron chi connectivity index (χ4n) is 3.32. The summed E-state index contributed by atoms with van der Waals surface area (Å²) in [5.74, 6) is 2.44. The number of aryl methyl sites for hydroxylation is 1. The molecule has 2 heterocycles. The van der Waals surface area contributed by atoms with Gasteiger partial charge in [0.2, 0.25) is 0 Å². The van der Waals surface area contributed by atoms with Crippen molar-refractivity contribution in [2.45, 2.75) is 25.9 Å². The molecule has 0 saturated carbocycles. The number of anilines is 1. The average Bonchev–Trinajstić information content (AvgIpc) is 3.34. The monoisotopic (exact) mass is 514 g/mol. The Morgan fingerprint density at radius 1 is 1.24 bits per heavy atom. The molecule has 1 unspecified atom stereocenters. The quantitative estimate of drug-likeness (QED) is 0.336. The molecule has 0 spiro atoms. The van der Waals surface area contributed by atoms with Crippen molar-refractivity contribution in [3.05, 3.63) is 36.2 Å². The summed E-state index contributed by atoms with van der Waals surface area (Å²) in [6.07, 6.45) is 4.87. The number of nitrogens with one attached hydrogen (secondary N) is 2. The van der Waals surface area contributed by atoms with Gasteiger partial charge in [-0.25, -0.2) is 4.99 Å². The maximum absolute atomic E-state index is 5.40. The predicted molar refractivity (Wildman–Crippen MR) is 127 cm³/mol. The Morgan fingerprint density at radius 3 is 2.55 bits per heavy atom. The van der Waals surface area contributed by atoms with Gasteiger partial charge in [0.1, 0.15) is 11.5 Å². The van der Waals surface area contributed by atoms with Gasteiger partial charge in [0, 0.05) is 68.4 Å². The van der Waals surface area contributed by atoms with E-state index in [2.05, 4.69) is 27.6 Å². The molecule has 29 heavy (non-hydrogen) atoms. The maximum Gasteiger partial charge on any atom is 0.191 e. The Kier molecular flexibility index (Phi) is 8.87. The highest BCUT2D eigenvalue weighted by atomic mass is 127. The zero-order valence-corrected chi connectivity index (χ0v) is 19.8. The number of methoxy groups -OCH3 is 2. The van der Waals surface area contributed by atoms with E-state index < -0.39 is 0 Å². The van der Waals surface area contributed by atoms with E-state index in [9.17, 15) is 0 Å². The van der Waals surface area contributed by atoms with Crippen molar-refractivity contribution in [3.8, 4) is 11.5 Å². The highest BCUT2D eigenvalue weighted by Crippen LogP contribution is 2.30. The fourth-order valence-corrected chi connectivity index (χ4v) is 3.32. The minimum Gasteiger partial charge on any atom is -0.497 e. The molecule has 1 saturated heterocycles. The first-order valence-corrected chi connectivity index (χ1v) is 9.61. The van der Waals surface area contributed by atoms with Crippen LogP contribution in [0.1, 0.15) is 18.9 Å². The van der Waals surface area contributed by atoms with Crippen molar-refractivity contribution in [2.75, 3.05) is 38.8 Å². The summed E-state index contributed by atoms with van der Waals surface area (Å²) < 4.78 is 12.6. The number of guanidine groups is 1. The predicted octanol–water partition coefficient (Wildman–Crippen LogP) is 2.39. The van der Waals surface area contributed by atoms with E-state index in [-0.39, 0.29) is 24.0 Å². The van der Waals surface area contributed by atoms with Crippen molar-refractivity contribution in [1.29, 1.82) is 0 Å². The topological polar surface area (TPSA) is 75.9 Å². The summed E-state index contributed by atoms with van der Waals surface area (Å²) in [7, 11) is 5.26. The number of hydrogen-bond acceptors (Lipinski definition) is 5. The first kappa shape index (κ1) is 23.1. The van der Waals surface area contributed by atoms with Crippen LogP contribution in [0.15, 0.2) is 35.6 Å². The summed E-state index contributed by atoms with van der Waals surface area (Å²) in [6, 6.07) is 6.31. The van der Waals surface area contributed by atoms with E-state index in [1.807, 2.05) is 37.6 Å². The minimum absolute atomic E-state index is 0. The van der Waals surface area contributed by atoms with Crippen LogP contribution >= 0.6 is 24.0 Å². The van der Waals surface area contributed by atoms with Crippen LogP contribution in [0.2, 0.25) is 0 Å². The van der Waals surface area contributed by atoms with Crippen LogP contribution in [0.3, 0.4) is 0 Å². The van der Waals surface area contributed by atoms with Crippen LogP contribution in [0.4, 0.5) is 5.69 Å². The molecule has 0 aliphatic carbocycles. The highest BCUT2D eigenvalue weighted by Gasteiger charge is 2.24. The van der Waals surface area contributed by atoms with Gasteiger partial charge >= 0.3 is 0 Å². The molecule has 1 fully saturated rings. The Morgan fingerprint density at radius 2 is 1.97 bits per heavy atom. The van der Waals surface area contributed by atoms with Crippen molar-refractivity contribution < 1.29 is 9.47 Å². The lowest BCUT2D eigenvalue weighted by molar-refractivity contribution is 0.394. The lowest BCUT2D eigenvalue weighted by atomic mass is 10.2. The van der Waals surface area contributed by atoms with Crippen LogP contribution in [0, 0.1) is 0 Å². The zero-order valence-electron chi connectivity index (χ0n) is 17.5. The van der Waals surface area contributed by atoms with Crippen LogP contribution < -0.4 is 25.0 Å². The first-order valence-electron chi connectivity index (χ1n) is 9.61. The minimum atomic E-state index is 0. The van der Waals surface area contributed by atoms with Crippen LogP contribution in [0.5, 0.6) is 11.5 Å². The van der Waals surface area contributed by atoms with E-state index in [0.717, 1.165) is 54.8 Å². The standard InChI is InChI=1S/C20H30N6O2.HI/c1-5-21-20(22-11-15-12-23-25(2)13-15)24-16-6-7-26(14-16)17-8-18(27-3)10-19(9-17)28-4;/h8-10,12-13,16H,5-7,11,14H2,1-4H3,(H2,21,22,24);1H. The molecule has 1 aliphatic rings.